The number of hydrogen-bond acceptors (Lipinski definition) is 8. The average Bonchev–Trinajstić information content (AvgIpc) is 2.59. The highest BCUT2D eigenvalue weighted by atomic mass is 32.2. The molecule has 154 valence electrons. The van der Waals surface area contributed by atoms with Crippen molar-refractivity contribution in [2.24, 2.45) is 10.2 Å². The van der Waals surface area contributed by atoms with E-state index in [2.05, 4.69) is 10.2 Å². The SMILES string of the molecule is C.Cc1ccc(N=Nc2c(O)c(S(=O)(=O)[O-])cc3ccccc23)c(S(=O)(=O)O)c1. The number of nitrogens with zero attached hydrogens (tertiary/aromatic N) is 2. The van der Waals surface area contributed by atoms with Gasteiger partial charge < -0.3 is 9.66 Å². The van der Waals surface area contributed by atoms with Crippen molar-refractivity contribution in [3.63, 3.8) is 0 Å². The fourth-order valence-electron chi connectivity index (χ4n) is 2.60. The van der Waals surface area contributed by atoms with Crippen LogP contribution in [-0.4, -0.2) is 31.0 Å². The zero-order valence-corrected chi connectivity index (χ0v) is 15.9. The largest absolute Gasteiger partial charge is 0.744 e. The predicted molar refractivity (Wildman–Crippen MR) is 105 cm³/mol. The van der Waals surface area contributed by atoms with Crippen LogP contribution in [0.15, 0.2) is 68.6 Å². The van der Waals surface area contributed by atoms with E-state index in [1.54, 1.807) is 19.1 Å². The van der Waals surface area contributed by atoms with Crippen LogP contribution in [0.1, 0.15) is 13.0 Å². The number of benzene rings is 3. The molecule has 0 fully saturated rings. The molecule has 0 atom stereocenters. The highest BCUT2D eigenvalue weighted by molar-refractivity contribution is 7.86. The molecule has 3 rings (SSSR count). The van der Waals surface area contributed by atoms with Crippen molar-refractivity contribution in [2.75, 3.05) is 0 Å². The summed E-state index contributed by atoms with van der Waals surface area (Å²) in [6.07, 6.45) is 0. The standard InChI is InChI=1S/C17H14N2O7S2.CH4/c1-10-6-7-13(14(8-10)27(21,22)23)18-19-16-12-5-3-2-4-11(12)9-15(17(16)20)28(24,25)26;/h2-9,20H,1H3,(H,21,22,23)(H,24,25,26);1H4/p-1. The van der Waals surface area contributed by atoms with Crippen molar-refractivity contribution in [1.82, 2.24) is 0 Å². The summed E-state index contributed by atoms with van der Waals surface area (Å²) in [5.41, 5.74) is -0.0133. The summed E-state index contributed by atoms with van der Waals surface area (Å²) in [6.45, 7) is 1.61. The number of hydrogen-bond donors (Lipinski definition) is 2. The van der Waals surface area contributed by atoms with E-state index in [-0.39, 0.29) is 24.2 Å². The molecule has 9 nitrogen and oxygen atoms in total. The molecule has 0 aliphatic carbocycles. The molecule has 0 bridgehead atoms. The molecule has 0 spiro atoms. The second-order valence-electron chi connectivity index (χ2n) is 5.89. The van der Waals surface area contributed by atoms with Crippen molar-refractivity contribution >= 4 is 42.4 Å². The first-order chi connectivity index (χ1) is 13.0. The van der Waals surface area contributed by atoms with E-state index < -0.39 is 35.8 Å². The summed E-state index contributed by atoms with van der Waals surface area (Å²) in [5, 5.41) is 18.4. The van der Waals surface area contributed by atoms with Crippen LogP contribution in [0.3, 0.4) is 0 Å². The van der Waals surface area contributed by atoms with Gasteiger partial charge in [-0.1, -0.05) is 37.8 Å². The molecule has 0 radical (unpaired) electrons. The van der Waals surface area contributed by atoms with Gasteiger partial charge in [-0.3, -0.25) is 4.55 Å². The highest BCUT2D eigenvalue weighted by Gasteiger charge is 2.19. The van der Waals surface area contributed by atoms with E-state index in [1.165, 1.54) is 30.3 Å². The Morgan fingerprint density at radius 3 is 2.21 bits per heavy atom. The van der Waals surface area contributed by atoms with Gasteiger partial charge in [0, 0.05) is 5.39 Å². The molecule has 0 unspecified atom stereocenters. The van der Waals surface area contributed by atoms with Gasteiger partial charge in [0.1, 0.15) is 26.4 Å². The summed E-state index contributed by atoms with van der Waals surface area (Å²) < 4.78 is 66.8. The molecular weight excluding hydrogens is 420 g/mol. The first-order valence-corrected chi connectivity index (χ1v) is 10.5. The van der Waals surface area contributed by atoms with Crippen LogP contribution < -0.4 is 0 Å². The van der Waals surface area contributed by atoms with Crippen molar-refractivity contribution in [1.29, 1.82) is 0 Å². The van der Waals surface area contributed by atoms with E-state index in [9.17, 15) is 31.0 Å². The maximum absolute atomic E-state index is 11.6. The van der Waals surface area contributed by atoms with Gasteiger partial charge in [-0.2, -0.15) is 8.42 Å². The van der Waals surface area contributed by atoms with Crippen LogP contribution in [0.2, 0.25) is 0 Å². The van der Waals surface area contributed by atoms with E-state index in [1.807, 2.05) is 0 Å². The van der Waals surface area contributed by atoms with Gasteiger partial charge >= 0.3 is 0 Å². The smallest absolute Gasteiger partial charge is 0.296 e. The summed E-state index contributed by atoms with van der Waals surface area (Å²) >= 11 is 0. The molecular formula is C18H17N2O7S2-. The molecule has 0 aliphatic heterocycles. The Bertz CT molecular complexity index is 1330. The summed E-state index contributed by atoms with van der Waals surface area (Å²) in [4.78, 5) is -1.38. The molecule has 0 heterocycles. The molecule has 29 heavy (non-hydrogen) atoms. The number of aryl methyl sites for hydroxylation is 1. The lowest BCUT2D eigenvalue weighted by Crippen LogP contribution is -1.99. The van der Waals surface area contributed by atoms with Crippen LogP contribution in [0.4, 0.5) is 11.4 Å². The normalized spacial score (nSPS) is 12.2. The third-order valence-electron chi connectivity index (χ3n) is 3.88. The Morgan fingerprint density at radius 1 is 0.931 bits per heavy atom. The minimum atomic E-state index is -5.00. The van der Waals surface area contributed by atoms with E-state index >= 15 is 0 Å². The molecule has 3 aromatic carbocycles. The van der Waals surface area contributed by atoms with Gasteiger partial charge in [-0.15, -0.1) is 10.2 Å². The molecule has 11 heteroatoms. The maximum atomic E-state index is 11.6. The Hall–Kier alpha value is -2.86. The molecule has 0 saturated heterocycles. The van der Waals surface area contributed by atoms with E-state index in [0.717, 1.165) is 6.07 Å². The van der Waals surface area contributed by atoms with Crippen LogP contribution in [0.5, 0.6) is 5.75 Å². The Kier molecular flexibility index (Phi) is 6.09. The predicted octanol–water partition coefficient (Wildman–Crippen LogP) is 4.06. The number of rotatable bonds is 4. The van der Waals surface area contributed by atoms with Gasteiger partial charge in [0.25, 0.3) is 10.1 Å². The first kappa shape index (κ1) is 22.4. The van der Waals surface area contributed by atoms with Gasteiger partial charge in [0.05, 0.1) is 4.90 Å². The second kappa shape index (κ2) is 7.87. The zero-order chi connectivity index (χ0) is 20.7. The summed E-state index contributed by atoms with van der Waals surface area (Å²) in [6, 6.07) is 11.2. The lowest BCUT2D eigenvalue weighted by atomic mass is 10.1. The summed E-state index contributed by atoms with van der Waals surface area (Å²) in [5.74, 6) is -0.905. The monoisotopic (exact) mass is 437 g/mol. The number of phenolic OH excluding ortho intramolecular Hbond substituents is 1. The molecule has 2 N–H and O–H groups in total. The molecule has 0 aliphatic rings. The molecule has 0 aromatic heterocycles. The lowest BCUT2D eigenvalue weighted by molar-refractivity contribution is 0.436. The van der Waals surface area contributed by atoms with Crippen molar-refractivity contribution in [3.8, 4) is 5.75 Å². The topological polar surface area (TPSA) is 157 Å². The zero-order valence-electron chi connectivity index (χ0n) is 14.3. The minimum Gasteiger partial charge on any atom is -0.744 e. The van der Waals surface area contributed by atoms with Crippen LogP contribution in [-0.2, 0) is 20.2 Å². The maximum Gasteiger partial charge on any atom is 0.296 e. The number of fused-ring (bicyclic) bond motifs is 1. The highest BCUT2D eigenvalue weighted by Crippen LogP contribution is 2.41. The average molecular weight is 437 g/mol. The van der Waals surface area contributed by atoms with Crippen molar-refractivity contribution in [3.05, 3.63) is 54.1 Å². The molecule has 0 saturated carbocycles. The molecule has 0 amide bonds. The van der Waals surface area contributed by atoms with Gasteiger partial charge in [-0.25, -0.2) is 8.42 Å². The fourth-order valence-corrected chi connectivity index (χ4v) is 3.91. The Morgan fingerprint density at radius 2 is 1.59 bits per heavy atom. The van der Waals surface area contributed by atoms with Gasteiger partial charge in [0.15, 0.2) is 5.75 Å². The Labute approximate surface area is 167 Å². The third-order valence-corrected chi connectivity index (χ3v) is 5.61. The van der Waals surface area contributed by atoms with E-state index in [0.29, 0.717) is 10.9 Å². The van der Waals surface area contributed by atoms with Crippen molar-refractivity contribution in [2.45, 2.75) is 24.1 Å². The number of aromatic hydroxyl groups is 1. The van der Waals surface area contributed by atoms with Gasteiger partial charge in [0.2, 0.25) is 0 Å². The second-order valence-corrected chi connectivity index (χ2v) is 8.63. The van der Waals surface area contributed by atoms with Crippen LogP contribution >= 0.6 is 0 Å². The molecule has 3 aromatic rings. The van der Waals surface area contributed by atoms with Crippen LogP contribution in [0.25, 0.3) is 10.8 Å². The van der Waals surface area contributed by atoms with E-state index in [4.69, 9.17) is 0 Å². The van der Waals surface area contributed by atoms with Crippen LogP contribution in [0, 0.1) is 6.92 Å². The quantitative estimate of drug-likeness (QED) is 0.460. The Balaban J connectivity index is 0.00000300. The summed E-state index contributed by atoms with van der Waals surface area (Å²) in [7, 11) is -9.61. The first-order valence-electron chi connectivity index (χ1n) is 7.69. The minimum absolute atomic E-state index is 0. The lowest BCUT2D eigenvalue weighted by Gasteiger charge is -2.13. The third kappa shape index (κ3) is 4.59. The van der Waals surface area contributed by atoms with Gasteiger partial charge in [-0.05, 0) is 36.1 Å². The number of azo groups is 1. The van der Waals surface area contributed by atoms with Crippen molar-refractivity contribution < 1.29 is 31.0 Å². The fraction of sp³-hybridized carbons (Fsp3) is 0.111. The number of phenols is 1.